The summed E-state index contributed by atoms with van der Waals surface area (Å²) in [4.78, 5) is 0. The Bertz CT molecular complexity index is 1020. The molecule has 3 heteroatoms. The minimum absolute atomic E-state index is 0. The molecule has 0 bridgehead atoms. The van der Waals surface area contributed by atoms with Crippen molar-refractivity contribution in [2.45, 2.75) is 12.8 Å². The van der Waals surface area contributed by atoms with Gasteiger partial charge in [-0.3, -0.25) is 0 Å². The fourth-order valence-corrected chi connectivity index (χ4v) is 3.90. The van der Waals surface area contributed by atoms with Gasteiger partial charge in [-0.25, -0.2) is 0 Å². The van der Waals surface area contributed by atoms with Crippen LogP contribution in [0.25, 0.3) is 33.0 Å². The third-order valence-electron chi connectivity index (χ3n) is 5.03. The number of hydrogen-bond donors (Lipinski definition) is 0. The van der Waals surface area contributed by atoms with E-state index in [-0.39, 0.29) is 51.0 Å². The van der Waals surface area contributed by atoms with Crippen molar-refractivity contribution in [3.8, 4) is 22.3 Å². The third kappa shape index (κ3) is 3.46. The molecule has 0 radical (unpaired) electrons. The molecule has 0 nitrogen and oxygen atoms in total. The summed E-state index contributed by atoms with van der Waals surface area (Å²) in [6.45, 7) is 0. The average Bonchev–Trinajstić information content (AvgIpc) is 3.06. The Morgan fingerprint density at radius 1 is 0.731 bits per heavy atom. The molecule has 1 aliphatic rings. The molecule has 0 saturated carbocycles. The largest absolute Gasteiger partial charge is 0.168 e. The van der Waals surface area contributed by atoms with Crippen molar-refractivity contribution in [1.82, 2.24) is 0 Å². The number of rotatable bonds is 1. The molecular formula is C23H19Cl2Zr-. The number of hydrogen-bond acceptors (Lipinski definition) is 0. The van der Waals surface area contributed by atoms with Gasteiger partial charge >= 0.3 is 0 Å². The maximum atomic E-state index is 2.38. The van der Waals surface area contributed by atoms with Crippen molar-refractivity contribution in [1.29, 1.82) is 0 Å². The Hall–Kier alpha value is -1.27. The van der Waals surface area contributed by atoms with Gasteiger partial charge in [0.15, 0.2) is 0 Å². The van der Waals surface area contributed by atoms with Crippen LogP contribution in [0, 0.1) is 0 Å². The standard InChI is InChI=1S/C23H17.2ClH.Zr/c1-2-6-16(7-3-1)20-14-19-13-12-18-11-10-17-8-4-5-9-21(17)23(18)22(19)15-20;;;/h1-11,14-15H,12-13H2;2*1H;/q-1;;;. The molecule has 1 aliphatic carbocycles. The van der Waals surface area contributed by atoms with Gasteiger partial charge in [-0.2, -0.15) is 6.07 Å². The summed E-state index contributed by atoms with van der Waals surface area (Å²) < 4.78 is 0. The van der Waals surface area contributed by atoms with Gasteiger partial charge in [0.2, 0.25) is 0 Å². The first kappa shape index (κ1) is 21.0. The molecule has 4 aromatic carbocycles. The van der Waals surface area contributed by atoms with Crippen LogP contribution >= 0.6 is 24.8 Å². The number of aryl methyl sites for hydroxylation is 2. The van der Waals surface area contributed by atoms with Crippen LogP contribution in [0.4, 0.5) is 0 Å². The molecule has 0 amide bonds. The summed E-state index contributed by atoms with van der Waals surface area (Å²) in [6, 6.07) is 28.8. The fraction of sp³-hybridized carbons (Fsp3) is 0.0870. The van der Waals surface area contributed by atoms with Crippen LogP contribution in [-0.4, -0.2) is 0 Å². The molecule has 5 rings (SSSR count). The van der Waals surface area contributed by atoms with E-state index in [4.69, 9.17) is 0 Å². The monoisotopic (exact) mass is 455 g/mol. The van der Waals surface area contributed by atoms with Gasteiger partial charge in [0.1, 0.15) is 0 Å². The molecule has 130 valence electrons. The Morgan fingerprint density at radius 3 is 2.27 bits per heavy atom. The fourth-order valence-electron chi connectivity index (χ4n) is 3.90. The molecule has 0 aromatic heterocycles. The van der Waals surface area contributed by atoms with Crippen molar-refractivity contribution in [3.05, 3.63) is 90.0 Å². The Balaban J connectivity index is 0.000000810. The molecular weight excluding hydrogens is 438 g/mol. The van der Waals surface area contributed by atoms with Crippen LogP contribution in [0.1, 0.15) is 11.1 Å². The molecule has 0 saturated heterocycles. The number of halogens is 2. The maximum Gasteiger partial charge on any atom is 0 e. The molecule has 0 atom stereocenters. The van der Waals surface area contributed by atoms with Crippen LogP contribution in [0.3, 0.4) is 0 Å². The summed E-state index contributed by atoms with van der Waals surface area (Å²) >= 11 is 0. The minimum atomic E-state index is 0. The minimum Gasteiger partial charge on any atom is -0.168 e. The molecule has 4 aromatic rings. The predicted molar refractivity (Wildman–Crippen MR) is 112 cm³/mol. The van der Waals surface area contributed by atoms with Gasteiger partial charge in [0.05, 0.1) is 0 Å². The van der Waals surface area contributed by atoms with Gasteiger partial charge in [-0.05, 0) is 29.2 Å². The second-order valence-electron chi connectivity index (χ2n) is 6.37. The average molecular weight is 458 g/mol. The van der Waals surface area contributed by atoms with Crippen molar-refractivity contribution in [2.75, 3.05) is 0 Å². The SMILES string of the molecule is Cl.Cl.[Zr].c1ccc(-c2cc3c([cH-]2)CCc2ccc4ccccc4c2-3)cc1. The van der Waals surface area contributed by atoms with Crippen LogP contribution < -0.4 is 0 Å². The molecule has 0 heterocycles. The van der Waals surface area contributed by atoms with Gasteiger partial charge in [0.25, 0.3) is 0 Å². The summed E-state index contributed by atoms with van der Waals surface area (Å²) in [6.07, 6.45) is 2.29. The van der Waals surface area contributed by atoms with Gasteiger partial charge < -0.3 is 0 Å². The van der Waals surface area contributed by atoms with Crippen molar-refractivity contribution >= 4 is 35.6 Å². The number of fused-ring (bicyclic) bond motifs is 5. The van der Waals surface area contributed by atoms with E-state index in [9.17, 15) is 0 Å². The van der Waals surface area contributed by atoms with Gasteiger partial charge in [-0.1, -0.05) is 72.3 Å². The summed E-state index contributed by atoms with van der Waals surface area (Å²) in [7, 11) is 0. The van der Waals surface area contributed by atoms with Crippen molar-refractivity contribution < 1.29 is 26.2 Å². The molecule has 0 fully saturated rings. The van der Waals surface area contributed by atoms with E-state index >= 15 is 0 Å². The topological polar surface area (TPSA) is 0 Å². The zero-order valence-electron chi connectivity index (χ0n) is 14.2. The second kappa shape index (κ2) is 8.61. The molecule has 26 heavy (non-hydrogen) atoms. The van der Waals surface area contributed by atoms with Crippen LogP contribution in [-0.2, 0) is 39.0 Å². The van der Waals surface area contributed by atoms with Gasteiger partial charge in [0, 0.05) is 26.2 Å². The first-order valence-electron chi connectivity index (χ1n) is 8.26. The number of benzene rings is 3. The Kier molecular flexibility index (Phi) is 6.97. The summed E-state index contributed by atoms with van der Waals surface area (Å²) in [5.41, 5.74) is 8.52. The van der Waals surface area contributed by atoms with E-state index in [1.165, 1.54) is 44.2 Å². The molecule has 0 unspecified atom stereocenters. The maximum absolute atomic E-state index is 2.38. The first-order chi connectivity index (χ1) is 11.4. The normalized spacial score (nSPS) is 11.4. The molecule has 0 N–H and O–H groups in total. The first-order valence-corrected chi connectivity index (χ1v) is 8.26. The van der Waals surface area contributed by atoms with E-state index in [1.807, 2.05) is 0 Å². The van der Waals surface area contributed by atoms with Crippen molar-refractivity contribution in [3.63, 3.8) is 0 Å². The van der Waals surface area contributed by atoms with E-state index < -0.39 is 0 Å². The van der Waals surface area contributed by atoms with Gasteiger partial charge in [-0.15, -0.1) is 53.1 Å². The quantitative estimate of drug-likeness (QED) is 0.275. The molecule has 0 spiro atoms. The smallest absolute Gasteiger partial charge is 0 e. The van der Waals surface area contributed by atoms with Crippen LogP contribution in [0.2, 0.25) is 0 Å². The Labute approximate surface area is 185 Å². The van der Waals surface area contributed by atoms with Crippen molar-refractivity contribution in [2.24, 2.45) is 0 Å². The molecule has 0 aliphatic heterocycles. The summed E-state index contributed by atoms with van der Waals surface area (Å²) in [5, 5.41) is 2.72. The predicted octanol–water partition coefficient (Wildman–Crippen LogP) is 6.83. The van der Waals surface area contributed by atoms with Crippen LogP contribution in [0.5, 0.6) is 0 Å². The second-order valence-corrected chi connectivity index (χ2v) is 6.37. The zero-order valence-corrected chi connectivity index (χ0v) is 18.3. The summed E-state index contributed by atoms with van der Waals surface area (Å²) in [5.74, 6) is 0. The zero-order chi connectivity index (χ0) is 15.2. The van der Waals surface area contributed by atoms with E-state index in [0.717, 1.165) is 12.8 Å². The van der Waals surface area contributed by atoms with E-state index in [0.29, 0.717) is 0 Å². The van der Waals surface area contributed by atoms with E-state index in [2.05, 4.69) is 78.9 Å². The van der Waals surface area contributed by atoms with Crippen LogP contribution in [0.15, 0.2) is 78.9 Å². The van der Waals surface area contributed by atoms with E-state index in [1.54, 1.807) is 0 Å². The third-order valence-corrected chi connectivity index (χ3v) is 5.03. The Morgan fingerprint density at radius 2 is 1.46 bits per heavy atom.